The van der Waals surface area contributed by atoms with Gasteiger partial charge in [-0.15, -0.1) is 0 Å². The van der Waals surface area contributed by atoms with Crippen molar-refractivity contribution in [2.45, 2.75) is 12.8 Å². The minimum Gasteiger partial charge on any atom is -0.493 e. The highest BCUT2D eigenvalue weighted by Gasteiger charge is 2.15. The summed E-state index contributed by atoms with van der Waals surface area (Å²) in [5, 5.41) is 4.81. The van der Waals surface area contributed by atoms with Gasteiger partial charge in [0.2, 0.25) is 0 Å². The number of aromatic nitrogens is 3. The summed E-state index contributed by atoms with van der Waals surface area (Å²) in [5.41, 5.74) is 5.43. The lowest BCUT2D eigenvalue weighted by Crippen LogP contribution is -2.19. The molecule has 0 aliphatic carbocycles. The normalized spacial score (nSPS) is 12.9. The van der Waals surface area contributed by atoms with Gasteiger partial charge in [-0.1, -0.05) is 18.2 Å². The first kappa shape index (κ1) is 19.6. The van der Waals surface area contributed by atoms with Crippen LogP contribution in [0.2, 0.25) is 0 Å². The number of fused-ring (bicyclic) bond motifs is 2. The molecule has 1 aliphatic rings. The van der Waals surface area contributed by atoms with Crippen molar-refractivity contribution in [1.29, 1.82) is 0 Å². The van der Waals surface area contributed by atoms with Crippen LogP contribution in [0, 0.1) is 0 Å². The highest BCUT2D eigenvalue weighted by molar-refractivity contribution is 5.65. The van der Waals surface area contributed by atoms with Crippen LogP contribution in [-0.4, -0.2) is 53.4 Å². The molecule has 0 N–H and O–H groups in total. The molecular formula is C25H26N4O2. The number of nitrogens with zero attached hydrogens (tertiary/aromatic N) is 4. The second-order valence-electron chi connectivity index (χ2n) is 8.10. The number of likely N-dealkylation sites (N-methyl/N-ethyl adjacent to an activating group) is 1. The van der Waals surface area contributed by atoms with Gasteiger partial charge < -0.3 is 14.4 Å². The largest absolute Gasteiger partial charge is 0.493 e. The number of hydrogen-bond donors (Lipinski definition) is 0. The zero-order valence-electron chi connectivity index (χ0n) is 17.9. The van der Waals surface area contributed by atoms with Crippen molar-refractivity contribution in [1.82, 2.24) is 19.5 Å². The Morgan fingerprint density at radius 3 is 2.77 bits per heavy atom. The lowest BCUT2D eigenvalue weighted by molar-refractivity contribution is 0.261. The molecule has 0 amide bonds. The predicted molar refractivity (Wildman–Crippen MR) is 121 cm³/mol. The second-order valence-corrected chi connectivity index (χ2v) is 8.10. The van der Waals surface area contributed by atoms with Crippen molar-refractivity contribution in [2.24, 2.45) is 0 Å². The van der Waals surface area contributed by atoms with E-state index in [1.165, 1.54) is 5.56 Å². The van der Waals surface area contributed by atoms with Crippen molar-refractivity contribution in [3.63, 3.8) is 0 Å². The average Bonchev–Trinajstić information content (AvgIpc) is 3.40. The molecule has 6 heteroatoms. The molecule has 6 nitrogen and oxygen atoms in total. The lowest BCUT2D eigenvalue weighted by atomic mass is 10.1. The van der Waals surface area contributed by atoms with Crippen LogP contribution in [0.25, 0.3) is 16.9 Å². The Balaban J connectivity index is 1.35. The Hall–Kier alpha value is -3.38. The molecule has 0 saturated heterocycles. The summed E-state index contributed by atoms with van der Waals surface area (Å²) >= 11 is 0. The maximum atomic E-state index is 5.78. The maximum absolute atomic E-state index is 5.78. The predicted octanol–water partition coefficient (Wildman–Crippen LogP) is 3.86. The molecule has 0 fully saturated rings. The molecule has 0 radical (unpaired) electrons. The standard InChI is InChI=1S/C25H26N4O2/c1-28(2)13-15-30-21-9-6-18(7-10-21)16-24-26-25-5-3-4-22(29(25)27-24)19-8-11-23-20(17-19)12-14-31-23/h3-11,17H,12-16H2,1-2H3. The second kappa shape index (κ2) is 8.40. The maximum Gasteiger partial charge on any atom is 0.156 e. The van der Waals surface area contributed by atoms with Crippen LogP contribution in [0.5, 0.6) is 11.5 Å². The van der Waals surface area contributed by atoms with Gasteiger partial charge >= 0.3 is 0 Å². The van der Waals surface area contributed by atoms with Crippen LogP contribution in [0.3, 0.4) is 0 Å². The summed E-state index contributed by atoms with van der Waals surface area (Å²) < 4.78 is 13.4. The molecule has 0 spiro atoms. The summed E-state index contributed by atoms with van der Waals surface area (Å²) in [6.45, 7) is 2.33. The van der Waals surface area contributed by atoms with E-state index in [1.807, 2.05) is 42.9 Å². The van der Waals surface area contributed by atoms with E-state index in [0.717, 1.165) is 59.4 Å². The van der Waals surface area contributed by atoms with Gasteiger partial charge in [0.25, 0.3) is 0 Å². The third-order valence-electron chi connectivity index (χ3n) is 5.48. The third-order valence-corrected chi connectivity index (χ3v) is 5.48. The Morgan fingerprint density at radius 2 is 1.94 bits per heavy atom. The van der Waals surface area contributed by atoms with E-state index in [9.17, 15) is 0 Å². The molecule has 5 rings (SSSR count). The Morgan fingerprint density at radius 1 is 1.06 bits per heavy atom. The van der Waals surface area contributed by atoms with Gasteiger partial charge in [0.15, 0.2) is 11.5 Å². The van der Waals surface area contributed by atoms with Crippen LogP contribution >= 0.6 is 0 Å². The smallest absolute Gasteiger partial charge is 0.156 e. The Labute approximate surface area is 182 Å². The molecule has 31 heavy (non-hydrogen) atoms. The molecule has 0 bridgehead atoms. The SMILES string of the molecule is CN(C)CCOc1ccc(Cc2nc3cccc(-c4ccc5c(c4)CCO5)n3n2)cc1. The first-order valence-electron chi connectivity index (χ1n) is 10.6. The number of rotatable bonds is 7. The van der Waals surface area contributed by atoms with Crippen molar-refractivity contribution in [3.05, 3.63) is 77.6 Å². The summed E-state index contributed by atoms with van der Waals surface area (Å²) in [5.74, 6) is 2.68. The van der Waals surface area contributed by atoms with E-state index in [0.29, 0.717) is 13.0 Å². The van der Waals surface area contributed by atoms with Crippen molar-refractivity contribution >= 4 is 5.65 Å². The Kier molecular flexibility index (Phi) is 5.30. The molecule has 4 aromatic rings. The van der Waals surface area contributed by atoms with Gasteiger partial charge in [0, 0.05) is 24.9 Å². The molecule has 0 unspecified atom stereocenters. The lowest BCUT2D eigenvalue weighted by Gasteiger charge is -2.11. The topological polar surface area (TPSA) is 51.9 Å². The zero-order chi connectivity index (χ0) is 21.2. The van der Waals surface area contributed by atoms with Gasteiger partial charge in [-0.3, -0.25) is 0 Å². The van der Waals surface area contributed by atoms with E-state index in [1.54, 1.807) is 0 Å². The average molecular weight is 415 g/mol. The summed E-state index contributed by atoms with van der Waals surface area (Å²) in [6, 6.07) is 20.7. The van der Waals surface area contributed by atoms with Crippen LogP contribution in [0.4, 0.5) is 0 Å². The van der Waals surface area contributed by atoms with Crippen molar-refractivity contribution in [3.8, 4) is 22.8 Å². The van der Waals surface area contributed by atoms with E-state index in [2.05, 4.69) is 41.3 Å². The van der Waals surface area contributed by atoms with Gasteiger partial charge in [0.05, 0.1) is 12.3 Å². The molecule has 2 aromatic carbocycles. The summed E-state index contributed by atoms with van der Waals surface area (Å²) in [6.07, 6.45) is 1.63. The molecule has 2 aromatic heterocycles. The fraction of sp³-hybridized carbons (Fsp3) is 0.280. The quantitative estimate of drug-likeness (QED) is 0.460. The molecule has 1 aliphatic heterocycles. The monoisotopic (exact) mass is 414 g/mol. The van der Waals surface area contributed by atoms with Crippen molar-refractivity contribution < 1.29 is 9.47 Å². The molecular weight excluding hydrogens is 388 g/mol. The molecule has 0 atom stereocenters. The van der Waals surface area contributed by atoms with Gasteiger partial charge in [0.1, 0.15) is 18.1 Å². The van der Waals surface area contributed by atoms with E-state index in [-0.39, 0.29) is 0 Å². The van der Waals surface area contributed by atoms with E-state index < -0.39 is 0 Å². The summed E-state index contributed by atoms with van der Waals surface area (Å²) in [4.78, 5) is 6.85. The van der Waals surface area contributed by atoms with Crippen LogP contribution in [-0.2, 0) is 12.8 Å². The number of hydrogen-bond acceptors (Lipinski definition) is 5. The van der Waals surface area contributed by atoms with Gasteiger partial charge in [-0.05, 0) is 67.7 Å². The molecule has 158 valence electrons. The van der Waals surface area contributed by atoms with Crippen LogP contribution < -0.4 is 9.47 Å². The van der Waals surface area contributed by atoms with Gasteiger partial charge in [-0.25, -0.2) is 9.50 Å². The molecule has 0 saturated carbocycles. The fourth-order valence-electron chi connectivity index (χ4n) is 3.82. The highest BCUT2D eigenvalue weighted by atomic mass is 16.5. The number of ether oxygens (including phenoxy) is 2. The minimum atomic E-state index is 0.678. The van der Waals surface area contributed by atoms with E-state index in [4.69, 9.17) is 19.6 Å². The fourth-order valence-corrected chi connectivity index (χ4v) is 3.82. The van der Waals surface area contributed by atoms with Crippen molar-refractivity contribution in [2.75, 3.05) is 33.9 Å². The van der Waals surface area contributed by atoms with Crippen LogP contribution in [0.15, 0.2) is 60.7 Å². The zero-order valence-corrected chi connectivity index (χ0v) is 17.9. The first-order chi connectivity index (χ1) is 15.2. The third kappa shape index (κ3) is 4.25. The van der Waals surface area contributed by atoms with E-state index >= 15 is 0 Å². The Bertz CT molecular complexity index is 1200. The summed E-state index contributed by atoms with van der Waals surface area (Å²) in [7, 11) is 4.08. The molecule has 3 heterocycles. The highest BCUT2D eigenvalue weighted by Crippen LogP contribution is 2.30. The first-order valence-corrected chi connectivity index (χ1v) is 10.6. The minimum absolute atomic E-state index is 0.678. The van der Waals surface area contributed by atoms with Crippen LogP contribution in [0.1, 0.15) is 17.0 Å². The number of pyridine rings is 1. The number of benzene rings is 2. The van der Waals surface area contributed by atoms with Gasteiger partial charge in [-0.2, -0.15) is 5.10 Å².